The van der Waals surface area contributed by atoms with E-state index in [1.807, 2.05) is 0 Å². The van der Waals surface area contributed by atoms with Crippen LogP contribution in [0.15, 0.2) is 23.5 Å². The maximum atomic E-state index is 10.6. The minimum absolute atomic E-state index is 0.0663. The second-order valence-electron chi connectivity index (χ2n) is 9.03. The fourth-order valence-electron chi connectivity index (χ4n) is 7.51. The lowest BCUT2D eigenvalue weighted by molar-refractivity contribution is -0.105. The maximum Gasteiger partial charge on any atom is 0.111 e. The number of allylic oxidation sites excluding steroid dienone is 3. The maximum absolute atomic E-state index is 10.6. The van der Waals surface area contributed by atoms with Gasteiger partial charge in [-0.05, 0) is 98.0 Å². The van der Waals surface area contributed by atoms with Gasteiger partial charge in [-0.1, -0.05) is 12.5 Å². The highest BCUT2D eigenvalue weighted by atomic mass is 16.3. The molecule has 5 rings (SSSR count). The van der Waals surface area contributed by atoms with E-state index in [9.17, 15) is 10.2 Å². The molecule has 0 saturated heterocycles. The summed E-state index contributed by atoms with van der Waals surface area (Å²) in [7, 11) is 0. The van der Waals surface area contributed by atoms with Gasteiger partial charge in [0, 0.05) is 0 Å². The van der Waals surface area contributed by atoms with Crippen LogP contribution in [0.1, 0.15) is 51.9 Å². The van der Waals surface area contributed by atoms with Crippen LogP contribution in [0.2, 0.25) is 0 Å². The van der Waals surface area contributed by atoms with Gasteiger partial charge in [0.2, 0.25) is 0 Å². The Bertz CT molecular complexity index is 562. The second kappa shape index (κ2) is 4.41. The number of hydrogen-bond donors (Lipinski definition) is 2. The zero-order valence-corrected chi connectivity index (χ0v) is 13.5. The number of aliphatic hydroxyl groups excluding tert-OH is 2. The smallest absolute Gasteiger partial charge is 0.111 e. The molecule has 8 atom stereocenters. The van der Waals surface area contributed by atoms with Gasteiger partial charge in [-0.25, -0.2) is 0 Å². The lowest BCUT2D eigenvalue weighted by Gasteiger charge is -2.60. The van der Waals surface area contributed by atoms with Gasteiger partial charge in [-0.3, -0.25) is 0 Å². The van der Waals surface area contributed by atoms with E-state index < -0.39 is 0 Å². The van der Waals surface area contributed by atoms with Crippen molar-refractivity contribution in [1.29, 1.82) is 0 Å². The van der Waals surface area contributed by atoms with Crippen molar-refractivity contribution in [2.75, 3.05) is 0 Å². The molecular formula is C20H28O2. The Morgan fingerprint density at radius 3 is 2.86 bits per heavy atom. The first-order valence-corrected chi connectivity index (χ1v) is 9.37. The van der Waals surface area contributed by atoms with E-state index in [1.165, 1.54) is 44.1 Å². The lowest BCUT2D eigenvalue weighted by Crippen LogP contribution is -2.54. The molecule has 0 amide bonds. The predicted molar refractivity (Wildman–Crippen MR) is 86.2 cm³/mol. The van der Waals surface area contributed by atoms with E-state index in [1.54, 1.807) is 0 Å². The van der Waals surface area contributed by atoms with Gasteiger partial charge >= 0.3 is 0 Å². The molecule has 2 nitrogen and oxygen atoms in total. The first-order chi connectivity index (χ1) is 10.6. The molecule has 0 aromatic heterocycles. The average Bonchev–Trinajstić information content (AvgIpc) is 2.79. The Hall–Kier alpha value is -0.760. The number of fused-ring (bicyclic) bond motifs is 2. The molecule has 0 aromatic rings. The van der Waals surface area contributed by atoms with Crippen molar-refractivity contribution < 1.29 is 10.2 Å². The fourth-order valence-corrected chi connectivity index (χ4v) is 7.51. The molecule has 0 aliphatic heterocycles. The Morgan fingerprint density at radius 1 is 1.14 bits per heavy atom. The summed E-state index contributed by atoms with van der Waals surface area (Å²) in [6.45, 7) is 2.38. The Balaban J connectivity index is 1.56. The summed E-state index contributed by atoms with van der Waals surface area (Å²) in [5.74, 6) is 4.99. The highest BCUT2D eigenvalue weighted by Gasteiger charge is 2.60. The van der Waals surface area contributed by atoms with Crippen molar-refractivity contribution >= 4 is 0 Å². The summed E-state index contributed by atoms with van der Waals surface area (Å²) in [5, 5.41) is 20.7. The summed E-state index contributed by atoms with van der Waals surface area (Å²) in [5.41, 5.74) is 1.73. The largest absolute Gasteiger partial charge is 0.508 e. The summed E-state index contributed by atoms with van der Waals surface area (Å²) in [6, 6.07) is 0. The Kier molecular flexibility index (Phi) is 2.74. The van der Waals surface area contributed by atoms with Crippen molar-refractivity contribution in [2.24, 2.45) is 40.9 Å². The zero-order chi connectivity index (χ0) is 15.1. The first-order valence-electron chi connectivity index (χ1n) is 9.37. The molecule has 0 aromatic carbocycles. The van der Waals surface area contributed by atoms with Crippen molar-refractivity contribution in [1.82, 2.24) is 0 Å². The molecule has 0 radical (unpaired) electrons. The SMILES string of the molecule is CC12CC3CCC4C=C(O)C=C5CCC(C3C54)C1CCC2O. The van der Waals surface area contributed by atoms with Crippen LogP contribution in [-0.4, -0.2) is 16.3 Å². The van der Waals surface area contributed by atoms with Crippen molar-refractivity contribution in [3.8, 4) is 0 Å². The van der Waals surface area contributed by atoms with Crippen LogP contribution in [0.4, 0.5) is 0 Å². The normalized spacial score (nSPS) is 55.8. The molecule has 0 spiro atoms. The summed E-state index contributed by atoms with van der Waals surface area (Å²) >= 11 is 0. The van der Waals surface area contributed by atoms with E-state index in [4.69, 9.17) is 0 Å². The second-order valence-corrected chi connectivity index (χ2v) is 9.03. The topological polar surface area (TPSA) is 40.5 Å². The van der Waals surface area contributed by atoms with Crippen LogP contribution in [0.3, 0.4) is 0 Å². The van der Waals surface area contributed by atoms with Gasteiger partial charge in [-0.2, -0.15) is 0 Å². The van der Waals surface area contributed by atoms with E-state index in [2.05, 4.69) is 19.1 Å². The molecule has 4 saturated carbocycles. The highest BCUT2D eigenvalue weighted by Crippen LogP contribution is 2.66. The van der Waals surface area contributed by atoms with Crippen molar-refractivity contribution in [3.05, 3.63) is 23.5 Å². The quantitative estimate of drug-likeness (QED) is 0.703. The third kappa shape index (κ3) is 1.60. The van der Waals surface area contributed by atoms with Crippen molar-refractivity contribution in [2.45, 2.75) is 58.0 Å². The first kappa shape index (κ1) is 13.7. The Labute approximate surface area is 133 Å². The van der Waals surface area contributed by atoms with Gasteiger partial charge in [0.15, 0.2) is 0 Å². The van der Waals surface area contributed by atoms with Crippen LogP contribution < -0.4 is 0 Å². The van der Waals surface area contributed by atoms with E-state index in [0.717, 1.165) is 30.1 Å². The third-order valence-corrected chi connectivity index (χ3v) is 8.28. The highest BCUT2D eigenvalue weighted by molar-refractivity contribution is 5.32. The van der Waals surface area contributed by atoms with Crippen molar-refractivity contribution in [3.63, 3.8) is 0 Å². The van der Waals surface area contributed by atoms with Gasteiger partial charge in [-0.15, -0.1) is 0 Å². The molecule has 120 valence electrons. The predicted octanol–water partition coefficient (Wildman–Crippen LogP) is 4.22. The average molecular weight is 300 g/mol. The molecule has 5 aliphatic rings. The number of rotatable bonds is 0. The molecule has 0 heterocycles. The van der Waals surface area contributed by atoms with Gasteiger partial charge in [0.05, 0.1) is 6.10 Å². The van der Waals surface area contributed by atoms with Crippen LogP contribution in [0.5, 0.6) is 0 Å². The molecule has 5 aliphatic carbocycles. The third-order valence-electron chi connectivity index (χ3n) is 8.28. The minimum Gasteiger partial charge on any atom is -0.508 e. The van der Waals surface area contributed by atoms with Crippen LogP contribution in [0, 0.1) is 40.9 Å². The zero-order valence-electron chi connectivity index (χ0n) is 13.5. The van der Waals surface area contributed by atoms with Gasteiger partial charge < -0.3 is 10.2 Å². The molecule has 8 unspecified atom stereocenters. The summed E-state index contributed by atoms with van der Waals surface area (Å²) < 4.78 is 0. The standard InChI is InChI=1S/C20H28O2/c1-20-10-13-3-2-11-8-14(21)9-12-4-5-15(19(13)18(11)12)16(20)6-7-17(20)22/h8-9,11,13,15-19,21-22H,2-7,10H2,1H3. The molecule has 2 heteroatoms. The Morgan fingerprint density at radius 2 is 2.00 bits per heavy atom. The molecule has 22 heavy (non-hydrogen) atoms. The minimum atomic E-state index is -0.0663. The summed E-state index contributed by atoms with van der Waals surface area (Å²) in [4.78, 5) is 0. The van der Waals surface area contributed by atoms with Gasteiger partial charge in [0.1, 0.15) is 5.76 Å². The molecule has 4 fully saturated rings. The monoisotopic (exact) mass is 300 g/mol. The molecular weight excluding hydrogens is 272 g/mol. The van der Waals surface area contributed by atoms with Gasteiger partial charge in [0.25, 0.3) is 0 Å². The van der Waals surface area contributed by atoms with E-state index in [-0.39, 0.29) is 11.5 Å². The van der Waals surface area contributed by atoms with E-state index >= 15 is 0 Å². The van der Waals surface area contributed by atoms with Crippen LogP contribution in [-0.2, 0) is 0 Å². The number of hydrogen-bond acceptors (Lipinski definition) is 2. The van der Waals surface area contributed by atoms with Crippen LogP contribution >= 0.6 is 0 Å². The lowest BCUT2D eigenvalue weighted by atomic mass is 9.45. The summed E-state index contributed by atoms with van der Waals surface area (Å²) in [6.07, 6.45) is 12.7. The number of aliphatic hydroxyl groups is 2. The molecule has 2 N–H and O–H groups in total. The van der Waals surface area contributed by atoms with E-state index in [0.29, 0.717) is 17.6 Å². The van der Waals surface area contributed by atoms with Crippen LogP contribution in [0.25, 0.3) is 0 Å². The fraction of sp³-hybridized carbons (Fsp3) is 0.800. The molecule has 0 bridgehead atoms.